The molecule has 2 fully saturated rings. The van der Waals surface area contributed by atoms with Gasteiger partial charge >= 0.3 is 5.97 Å². The van der Waals surface area contributed by atoms with E-state index in [1.54, 1.807) is 12.1 Å². The predicted molar refractivity (Wildman–Crippen MR) is 77.4 cm³/mol. The number of nitrogens with zero attached hydrogens (tertiary/aromatic N) is 2. The van der Waals surface area contributed by atoms with Gasteiger partial charge in [-0.05, 0) is 18.6 Å². The van der Waals surface area contributed by atoms with Gasteiger partial charge in [-0.15, -0.1) is 0 Å². The minimum absolute atomic E-state index is 0.267. The Hall–Kier alpha value is -2.28. The lowest BCUT2D eigenvalue weighted by molar-refractivity contribution is 0.00681. The van der Waals surface area contributed by atoms with Crippen molar-refractivity contribution in [1.29, 1.82) is 0 Å². The lowest BCUT2D eigenvalue weighted by Gasteiger charge is -2.51. The molecule has 0 aliphatic carbocycles. The smallest absolute Gasteiger partial charge is 0.345 e. The number of anilines is 1. The van der Waals surface area contributed by atoms with Crippen molar-refractivity contribution < 1.29 is 23.4 Å². The van der Waals surface area contributed by atoms with E-state index in [-0.39, 0.29) is 5.56 Å². The first-order chi connectivity index (χ1) is 10.7. The Balaban J connectivity index is 1.82. The average Bonchev–Trinajstić information content (AvgIpc) is 2.96. The minimum Gasteiger partial charge on any atom is -0.496 e. The normalized spacial score (nSPS) is 23.3. The quantitative estimate of drug-likeness (QED) is 0.797. The first-order valence-electron chi connectivity index (χ1n) is 7.15. The number of morpholine rings is 1. The van der Waals surface area contributed by atoms with Crippen LogP contribution in [0.5, 0.6) is 5.75 Å². The molecular weight excluding hydrogens is 288 g/mol. The molecule has 2 bridgehead atoms. The number of methoxy groups -OCH3 is 2. The molecule has 0 N–H and O–H groups in total. The summed E-state index contributed by atoms with van der Waals surface area (Å²) in [5.41, 5.74) is 1.28. The van der Waals surface area contributed by atoms with Gasteiger partial charge < -0.3 is 23.5 Å². The summed E-state index contributed by atoms with van der Waals surface area (Å²) in [7, 11) is 2.83. The molecular formula is C15H16N2O5. The first kappa shape index (κ1) is 13.4. The number of ether oxygens (including phenoxy) is 3. The van der Waals surface area contributed by atoms with Crippen LogP contribution in [0.1, 0.15) is 16.8 Å². The second kappa shape index (κ2) is 4.88. The average molecular weight is 304 g/mol. The zero-order valence-corrected chi connectivity index (χ0v) is 12.4. The van der Waals surface area contributed by atoms with Gasteiger partial charge in [0.15, 0.2) is 5.58 Å². The predicted octanol–water partition coefficient (Wildman–Crippen LogP) is 1.60. The van der Waals surface area contributed by atoms with Gasteiger partial charge in [0.25, 0.3) is 6.01 Å². The number of rotatable bonds is 3. The van der Waals surface area contributed by atoms with E-state index in [1.165, 1.54) is 14.2 Å². The van der Waals surface area contributed by atoms with Crippen molar-refractivity contribution in [3.63, 3.8) is 0 Å². The SMILES string of the molecule is COC(=O)c1c(OC)ccc2nc(N3C4COCC3C4)oc12. The Morgan fingerprint density at radius 3 is 2.73 bits per heavy atom. The molecule has 116 valence electrons. The second-order valence-corrected chi connectivity index (χ2v) is 5.47. The van der Waals surface area contributed by atoms with Crippen molar-refractivity contribution in [2.45, 2.75) is 18.5 Å². The number of carbonyl (C=O) groups excluding carboxylic acids is 1. The van der Waals surface area contributed by atoms with Crippen molar-refractivity contribution in [2.75, 3.05) is 32.3 Å². The number of esters is 1. The Kier molecular flexibility index (Phi) is 2.97. The van der Waals surface area contributed by atoms with Gasteiger partial charge in [-0.3, -0.25) is 0 Å². The van der Waals surface area contributed by atoms with Crippen LogP contribution in [0.4, 0.5) is 6.01 Å². The van der Waals surface area contributed by atoms with E-state index in [1.807, 2.05) is 0 Å². The third-order valence-corrected chi connectivity index (χ3v) is 4.29. The fourth-order valence-corrected chi connectivity index (χ4v) is 3.19. The van der Waals surface area contributed by atoms with Crippen LogP contribution in [-0.2, 0) is 9.47 Å². The molecule has 2 aliphatic heterocycles. The summed E-state index contributed by atoms with van der Waals surface area (Å²) in [6.07, 6.45) is 1.09. The van der Waals surface area contributed by atoms with Crippen LogP contribution in [0.25, 0.3) is 11.1 Å². The van der Waals surface area contributed by atoms with Gasteiger partial charge in [0, 0.05) is 0 Å². The largest absolute Gasteiger partial charge is 0.496 e. The zero-order chi connectivity index (χ0) is 15.3. The molecule has 22 heavy (non-hydrogen) atoms. The molecule has 2 unspecified atom stereocenters. The lowest BCUT2D eigenvalue weighted by Crippen LogP contribution is -2.64. The summed E-state index contributed by atoms with van der Waals surface area (Å²) in [5, 5.41) is 0. The molecule has 0 saturated carbocycles. The van der Waals surface area contributed by atoms with Crippen LogP contribution in [0, 0.1) is 0 Å². The maximum atomic E-state index is 12.0. The van der Waals surface area contributed by atoms with Gasteiger partial charge in [0.2, 0.25) is 0 Å². The van der Waals surface area contributed by atoms with E-state index in [2.05, 4.69) is 9.88 Å². The number of hydrogen-bond donors (Lipinski definition) is 0. The Morgan fingerprint density at radius 1 is 1.32 bits per heavy atom. The first-order valence-corrected chi connectivity index (χ1v) is 7.15. The van der Waals surface area contributed by atoms with Crippen molar-refractivity contribution in [3.8, 4) is 5.75 Å². The molecule has 4 rings (SSSR count). The Bertz CT molecular complexity index is 727. The molecule has 2 saturated heterocycles. The molecule has 0 radical (unpaired) electrons. The monoisotopic (exact) mass is 304 g/mol. The van der Waals surface area contributed by atoms with Gasteiger partial charge in [0.05, 0.1) is 39.5 Å². The standard InChI is InChI=1S/C15H16N2O5/c1-19-11-4-3-10-13(12(11)14(18)20-2)22-15(16-10)17-8-5-9(17)7-21-6-8/h3-4,8-9H,5-7H2,1-2H3. The Morgan fingerprint density at radius 2 is 2.09 bits per heavy atom. The molecule has 0 amide bonds. The number of fused-ring (bicyclic) bond motifs is 3. The zero-order valence-electron chi connectivity index (χ0n) is 12.4. The van der Waals surface area contributed by atoms with Crippen molar-refractivity contribution in [3.05, 3.63) is 17.7 Å². The third-order valence-electron chi connectivity index (χ3n) is 4.29. The van der Waals surface area contributed by atoms with Crippen molar-refractivity contribution in [1.82, 2.24) is 4.98 Å². The highest BCUT2D eigenvalue weighted by Gasteiger charge is 2.45. The van der Waals surface area contributed by atoms with Crippen LogP contribution < -0.4 is 9.64 Å². The number of hydrogen-bond acceptors (Lipinski definition) is 7. The maximum absolute atomic E-state index is 12.0. The number of oxazole rings is 1. The molecule has 1 aromatic carbocycles. The molecule has 0 spiro atoms. The summed E-state index contributed by atoms with van der Waals surface area (Å²) in [6.45, 7) is 1.37. The second-order valence-electron chi connectivity index (χ2n) is 5.47. The van der Waals surface area contributed by atoms with E-state index >= 15 is 0 Å². The van der Waals surface area contributed by atoms with Crippen LogP contribution in [0.15, 0.2) is 16.5 Å². The molecule has 2 aromatic rings. The van der Waals surface area contributed by atoms with Crippen LogP contribution in [0.2, 0.25) is 0 Å². The fraction of sp³-hybridized carbons (Fsp3) is 0.467. The van der Waals surface area contributed by atoms with E-state index in [9.17, 15) is 4.79 Å². The highest BCUT2D eigenvalue weighted by molar-refractivity contribution is 6.04. The topological polar surface area (TPSA) is 74.0 Å². The number of benzene rings is 1. The van der Waals surface area contributed by atoms with Gasteiger partial charge in [-0.25, -0.2) is 4.79 Å². The van der Waals surface area contributed by atoms with E-state index < -0.39 is 5.97 Å². The summed E-state index contributed by atoms with van der Waals surface area (Å²) in [4.78, 5) is 18.7. The summed E-state index contributed by atoms with van der Waals surface area (Å²) in [5.74, 6) is -0.0912. The van der Waals surface area contributed by atoms with E-state index in [0.29, 0.717) is 48.2 Å². The minimum atomic E-state index is -0.503. The van der Waals surface area contributed by atoms with Crippen LogP contribution in [0.3, 0.4) is 0 Å². The van der Waals surface area contributed by atoms with Crippen molar-refractivity contribution >= 4 is 23.1 Å². The lowest BCUT2D eigenvalue weighted by atomic mass is 9.92. The highest BCUT2D eigenvalue weighted by Crippen LogP contribution is 2.38. The van der Waals surface area contributed by atoms with E-state index in [0.717, 1.165) is 6.42 Å². The fourth-order valence-electron chi connectivity index (χ4n) is 3.19. The van der Waals surface area contributed by atoms with E-state index in [4.69, 9.17) is 18.6 Å². The summed E-state index contributed by atoms with van der Waals surface area (Å²) in [6, 6.07) is 4.60. The molecule has 1 aromatic heterocycles. The molecule has 2 atom stereocenters. The van der Waals surface area contributed by atoms with Crippen LogP contribution >= 0.6 is 0 Å². The highest BCUT2D eigenvalue weighted by atomic mass is 16.5. The van der Waals surface area contributed by atoms with Crippen LogP contribution in [-0.4, -0.2) is 50.5 Å². The Labute approximate surface area is 126 Å². The molecule has 3 heterocycles. The third kappa shape index (κ3) is 1.78. The molecule has 7 nitrogen and oxygen atoms in total. The summed E-state index contributed by atoms with van der Waals surface area (Å²) >= 11 is 0. The number of carbonyl (C=O) groups is 1. The molecule has 2 aliphatic rings. The number of aromatic nitrogens is 1. The summed E-state index contributed by atoms with van der Waals surface area (Å²) < 4.78 is 21.4. The maximum Gasteiger partial charge on any atom is 0.345 e. The van der Waals surface area contributed by atoms with Gasteiger partial charge in [-0.1, -0.05) is 0 Å². The van der Waals surface area contributed by atoms with Gasteiger partial charge in [0.1, 0.15) is 16.8 Å². The van der Waals surface area contributed by atoms with Gasteiger partial charge in [-0.2, -0.15) is 4.98 Å². The molecule has 7 heteroatoms. The van der Waals surface area contributed by atoms with Crippen molar-refractivity contribution in [2.24, 2.45) is 0 Å².